The smallest absolute Gasteiger partial charge is 0.0541 e. The molecular weight excluding hydrogens is 713 g/mol. The van der Waals surface area contributed by atoms with Gasteiger partial charge in [0.05, 0.1) is 22.4 Å². The number of aromatic nitrogens is 1. The van der Waals surface area contributed by atoms with Gasteiger partial charge in [-0.1, -0.05) is 184 Å². The van der Waals surface area contributed by atoms with Crippen LogP contribution >= 0.6 is 0 Å². The molecule has 11 rings (SSSR count). The molecule has 1 aliphatic carbocycles. The van der Waals surface area contributed by atoms with E-state index >= 15 is 0 Å². The Morgan fingerprint density at radius 3 is 1.54 bits per heavy atom. The Morgan fingerprint density at radius 2 is 0.847 bits per heavy atom. The van der Waals surface area contributed by atoms with Crippen molar-refractivity contribution in [3.63, 3.8) is 0 Å². The Hall–Kier alpha value is -7.42. The van der Waals surface area contributed by atoms with Crippen molar-refractivity contribution in [3.05, 3.63) is 230 Å². The van der Waals surface area contributed by atoms with E-state index in [1.807, 2.05) is 0 Å². The number of fused-ring (bicyclic) bond motifs is 6. The number of hydrogen-bond donors (Lipinski definition) is 0. The molecule has 0 saturated heterocycles. The van der Waals surface area contributed by atoms with Gasteiger partial charge in [-0.25, -0.2) is 0 Å². The van der Waals surface area contributed by atoms with Crippen LogP contribution in [-0.2, 0) is 5.41 Å². The van der Waals surface area contributed by atoms with E-state index < -0.39 is 0 Å². The van der Waals surface area contributed by atoms with Crippen molar-refractivity contribution in [2.45, 2.75) is 19.3 Å². The number of hydrogen-bond acceptors (Lipinski definition) is 1. The van der Waals surface area contributed by atoms with Gasteiger partial charge in [0, 0.05) is 38.7 Å². The van der Waals surface area contributed by atoms with Crippen LogP contribution in [0.5, 0.6) is 0 Å². The first-order valence-corrected chi connectivity index (χ1v) is 20.5. The maximum atomic E-state index is 2.47. The van der Waals surface area contributed by atoms with Crippen LogP contribution in [0.15, 0.2) is 218 Å². The van der Waals surface area contributed by atoms with E-state index in [-0.39, 0.29) is 5.41 Å². The molecule has 59 heavy (non-hydrogen) atoms. The largest absolute Gasteiger partial charge is 0.310 e. The summed E-state index contributed by atoms with van der Waals surface area (Å²) < 4.78 is 2.44. The summed E-state index contributed by atoms with van der Waals surface area (Å²) in [6, 6.07) is 79.9. The van der Waals surface area contributed by atoms with Crippen LogP contribution in [0.4, 0.5) is 17.1 Å². The van der Waals surface area contributed by atoms with E-state index in [0.717, 1.165) is 22.7 Å². The fourth-order valence-corrected chi connectivity index (χ4v) is 9.63. The van der Waals surface area contributed by atoms with E-state index in [4.69, 9.17) is 0 Å². The van der Waals surface area contributed by atoms with Crippen molar-refractivity contribution >= 4 is 38.9 Å². The normalized spacial score (nSPS) is 12.7. The van der Waals surface area contributed by atoms with E-state index in [9.17, 15) is 0 Å². The van der Waals surface area contributed by atoms with E-state index in [2.05, 4.69) is 242 Å². The second kappa shape index (κ2) is 13.9. The summed E-state index contributed by atoms with van der Waals surface area (Å²) in [5, 5.41) is 2.51. The zero-order valence-electron chi connectivity index (χ0n) is 33.2. The van der Waals surface area contributed by atoms with Gasteiger partial charge in [0.1, 0.15) is 0 Å². The summed E-state index contributed by atoms with van der Waals surface area (Å²) in [4.78, 5) is 2.47. The highest BCUT2D eigenvalue weighted by molar-refractivity contribution is 6.10. The molecule has 0 radical (unpaired) electrons. The minimum atomic E-state index is -0.137. The minimum Gasteiger partial charge on any atom is -0.310 e. The number of benzene rings is 9. The molecule has 0 N–H and O–H groups in total. The monoisotopic (exact) mass is 754 g/mol. The molecular formula is C57H42N2. The quantitative estimate of drug-likeness (QED) is 0.157. The van der Waals surface area contributed by atoms with Crippen LogP contribution in [0.25, 0.3) is 72.0 Å². The van der Waals surface area contributed by atoms with Crippen LogP contribution in [0.2, 0.25) is 0 Å². The predicted molar refractivity (Wildman–Crippen MR) is 249 cm³/mol. The summed E-state index contributed by atoms with van der Waals surface area (Å²) in [5.41, 5.74) is 19.2. The summed E-state index contributed by atoms with van der Waals surface area (Å²) in [6.45, 7) is 4.72. The molecule has 10 aromatic rings. The third kappa shape index (κ3) is 5.63. The highest BCUT2D eigenvalue weighted by Crippen LogP contribution is 2.52. The Balaban J connectivity index is 1.16. The highest BCUT2D eigenvalue weighted by atomic mass is 15.1. The van der Waals surface area contributed by atoms with E-state index in [1.54, 1.807) is 0 Å². The zero-order valence-corrected chi connectivity index (χ0v) is 33.2. The highest BCUT2D eigenvalue weighted by Gasteiger charge is 2.36. The van der Waals surface area contributed by atoms with Crippen LogP contribution in [-0.4, -0.2) is 4.57 Å². The van der Waals surface area contributed by atoms with Crippen molar-refractivity contribution in [2.24, 2.45) is 0 Å². The molecule has 0 saturated carbocycles. The minimum absolute atomic E-state index is 0.137. The maximum absolute atomic E-state index is 2.47. The van der Waals surface area contributed by atoms with Gasteiger partial charge in [-0.2, -0.15) is 0 Å². The first kappa shape index (κ1) is 34.8. The second-order valence-electron chi connectivity index (χ2n) is 16.1. The van der Waals surface area contributed by atoms with Gasteiger partial charge >= 0.3 is 0 Å². The van der Waals surface area contributed by atoms with Gasteiger partial charge in [-0.3, -0.25) is 0 Å². The summed E-state index contributed by atoms with van der Waals surface area (Å²) in [5.74, 6) is 0. The lowest BCUT2D eigenvalue weighted by Crippen LogP contribution is -2.17. The summed E-state index contributed by atoms with van der Waals surface area (Å²) in [7, 11) is 0. The first-order valence-electron chi connectivity index (χ1n) is 20.5. The van der Waals surface area contributed by atoms with Gasteiger partial charge in [0.2, 0.25) is 0 Å². The molecule has 0 spiro atoms. The van der Waals surface area contributed by atoms with Crippen LogP contribution < -0.4 is 4.90 Å². The maximum Gasteiger partial charge on any atom is 0.0541 e. The molecule has 0 atom stereocenters. The fourth-order valence-electron chi connectivity index (χ4n) is 9.63. The third-order valence-electron chi connectivity index (χ3n) is 12.4. The molecule has 2 heteroatoms. The predicted octanol–water partition coefficient (Wildman–Crippen LogP) is 15.6. The molecule has 9 aromatic carbocycles. The molecule has 1 heterocycles. The molecule has 1 aromatic heterocycles. The molecule has 0 aliphatic heterocycles. The second-order valence-corrected chi connectivity index (χ2v) is 16.1. The lowest BCUT2D eigenvalue weighted by Gasteiger charge is -2.30. The SMILES string of the molecule is CC1(C)c2ccccc2-c2ccc(N(c3ccc(-c4ccccc4-n4c5ccccc5c5ccccc54)c(-c4ccccc4)c3)c3ccccc3-c3ccccc3)cc21. The lowest BCUT2D eigenvalue weighted by molar-refractivity contribution is 0.660. The molecule has 280 valence electrons. The van der Waals surface area contributed by atoms with Crippen LogP contribution in [0, 0.1) is 0 Å². The van der Waals surface area contributed by atoms with Crippen molar-refractivity contribution in [1.29, 1.82) is 0 Å². The van der Waals surface area contributed by atoms with Gasteiger partial charge < -0.3 is 9.47 Å². The summed E-state index contributed by atoms with van der Waals surface area (Å²) >= 11 is 0. The Morgan fingerprint density at radius 1 is 0.356 bits per heavy atom. The number of nitrogens with zero attached hydrogens (tertiary/aromatic N) is 2. The van der Waals surface area contributed by atoms with Crippen LogP contribution in [0.3, 0.4) is 0 Å². The van der Waals surface area contributed by atoms with Crippen molar-refractivity contribution in [1.82, 2.24) is 4.57 Å². The first-order chi connectivity index (χ1) is 29.1. The van der Waals surface area contributed by atoms with Gasteiger partial charge in [-0.15, -0.1) is 0 Å². The zero-order chi connectivity index (χ0) is 39.5. The molecule has 2 nitrogen and oxygen atoms in total. The number of para-hydroxylation sites is 4. The average molecular weight is 755 g/mol. The van der Waals surface area contributed by atoms with Crippen LogP contribution in [0.1, 0.15) is 25.0 Å². The van der Waals surface area contributed by atoms with E-state index in [1.165, 1.54) is 77.4 Å². The Labute approximate surface area is 345 Å². The molecule has 0 unspecified atom stereocenters. The third-order valence-corrected chi connectivity index (χ3v) is 12.4. The van der Waals surface area contributed by atoms with E-state index in [0.29, 0.717) is 0 Å². The molecule has 0 amide bonds. The average Bonchev–Trinajstić information content (AvgIpc) is 3.75. The van der Waals surface area contributed by atoms with Crippen molar-refractivity contribution in [2.75, 3.05) is 4.90 Å². The standard InChI is InChI=1S/C57H42N2/c1-57(2)51-28-14-9-24-45(51)46-36-34-42(38-52(46)57)58(53-29-15-10-23-43(53)39-19-5-3-6-20-39)41-33-35-44(50(37-41)40-21-7-4-8-22-40)47-25-11-16-30-54(47)59-55-31-17-12-26-48(55)49-27-13-18-32-56(49)59/h3-38H,1-2H3. The summed E-state index contributed by atoms with van der Waals surface area (Å²) in [6.07, 6.45) is 0. The molecule has 1 aliphatic rings. The van der Waals surface area contributed by atoms with Crippen molar-refractivity contribution < 1.29 is 0 Å². The fraction of sp³-hybridized carbons (Fsp3) is 0.0526. The molecule has 0 fully saturated rings. The number of rotatable bonds is 7. The Bertz CT molecular complexity index is 3140. The van der Waals surface area contributed by atoms with Crippen molar-refractivity contribution in [3.8, 4) is 50.2 Å². The van der Waals surface area contributed by atoms with Gasteiger partial charge in [0.25, 0.3) is 0 Å². The topological polar surface area (TPSA) is 8.17 Å². The molecule has 0 bridgehead atoms. The lowest BCUT2D eigenvalue weighted by atomic mass is 9.82. The van der Waals surface area contributed by atoms with Gasteiger partial charge in [-0.05, 0) is 93.0 Å². The number of anilines is 3. The van der Waals surface area contributed by atoms with Gasteiger partial charge in [0.15, 0.2) is 0 Å². The Kier molecular flexibility index (Phi) is 8.20.